The first-order valence-corrected chi connectivity index (χ1v) is 13.6. The molecule has 1 aromatic carbocycles. The van der Waals surface area contributed by atoms with Gasteiger partial charge in [-0.05, 0) is 49.1 Å². The van der Waals surface area contributed by atoms with Crippen LogP contribution in [0.25, 0.3) is 17.1 Å². The number of rotatable bonds is 6. The Morgan fingerprint density at radius 1 is 1.16 bits per heavy atom. The molecule has 0 unspecified atom stereocenters. The molecule has 1 saturated heterocycles. The molecule has 0 spiro atoms. The van der Waals surface area contributed by atoms with E-state index < -0.39 is 11.7 Å². The highest BCUT2D eigenvalue weighted by molar-refractivity contribution is 7.98. The quantitative estimate of drug-likeness (QED) is 0.279. The molecule has 0 N–H and O–H groups in total. The standard InChI is InChI=1S/C25H23F3N6OS2/c1-16-7-10-33(11-8-16)23(35)20-14-36-21(30-20)15-37-24-32-31-22(17-4-3-9-29-13-17)34(24)19-6-2-5-18(12-19)25(26,27)28/h2-6,9,12-14,16H,7-8,10-11,15H2,1H3. The van der Waals surface area contributed by atoms with E-state index in [1.807, 2.05) is 4.90 Å². The first-order chi connectivity index (χ1) is 17.8. The maximum absolute atomic E-state index is 13.4. The Labute approximate surface area is 219 Å². The van der Waals surface area contributed by atoms with Gasteiger partial charge in [0.2, 0.25) is 0 Å². The third-order valence-electron chi connectivity index (χ3n) is 6.15. The van der Waals surface area contributed by atoms with E-state index in [9.17, 15) is 18.0 Å². The fraction of sp³-hybridized carbons (Fsp3) is 0.320. The molecule has 1 amide bonds. The van der Waals surface area contributed by atoms with E-state index in [0.29, 0.717) is 33.9 Å². The minimum absolute atomic E-state index is 0.0644. The molecule has 192 valence electrons. The van der Waals surface area contributed by atoms with E-state index in [4.69, 9.17) is 0 Å². The van der Waals surface area contributed by atoms with Crippen LogP contribution >= 0.6 is 23.1 Å². The molecule has 0 aliphatic carbocycles. The van der Waals surface area contributed by atoms with Crippen molar-refractivity contribution in [2.45, 2.75) is 36.9 Å². The fourth-order valence-electron chi connectivity index (χ4n) is 4.07. The van der Waals surface area contributed by atoms with Gasteiger partial charge >= 0.3 is 6.18 Å². The monoisotopic (exact) mass is 544 g/mol. The van der Waals surface area contributed by atoms with Gasteiger partial charge in [-0.2, -0.15) is 13.2 Å². The zero-order valence-corrected chi connectivity index (χ0v) is 21.5. The van der Waals surface area contributed by atoms with E-state index >= 15 is 0 Å². The highest BCUT2D eigenvalue weighted by atomic mass is 32.2. The van der Waals surface area contributed by atoms with Crippen LogP contribution in [0.3, 0.4) is 0 Å². The second-order valence-corrected chi connectivity index (χ2v) is 10.7. The lowest BCUT2D eigenvalue weighted by Crippen LogP contribution is -2.38. The Hall–Kier alpha value is -3.25. The number of nitrogens with zero attached hydrogens (tertiary/aromatic N) is 6. The van der Waals surface area contributed by atoms with Crippen molar-refractivity contribution >= 4 is 29.0 Å². The van der Waals surface area contributed by atoms with Crippen molar-refractivity contribution in [1.82, 2.24) is 29.6 Å². The number of likely N-dealkylation sites (tertiary alicyclic amines) is 1. The zero-order valence-electron chi connectivity index (χ0n) is 19.9. The van der Waals surface area contributed by atoms with Crippen molar-refractivity contribution < 1.29 is 18.0 Å². The molecule has 7 nitrogen and oxygen atoms in total. The molecule has 4 aromatic rings. The molecule has 0 bridgehead atoms. The van der Waals surface area contributed by atoms with Crippen LogP contribution in [0, 0.1) is 5.92 Å². The van der Waals surface area contributed by atoms with Crippen molar-refractivity contribution in [3.05, 3.63) is 70.4 Å². The van der Waals surface area contributed by atoms with Crippen molar-refractivity contribution in [1.29, 1.82) is 0 Å². The second kappa shape index (κ2) is 10.6. The maximum atomic E-state index is 13.4. The van der Waals surface area contributed by atoms with Crippen LogP contribution in [0.5, 0.6) is 0 Å². The summed E-state index contributed by atoms with van der Waals surface area (Å²) in [6.07, 6.45) is 0.687. The van der Waals surface area contributed by atoms with Crippen molar-refractivity contribution in [2.75, 3.05) is 13.1 Å². The molecular weight excluding hydrogens is 521 g/mol. The third kappa shape index (κ3) is 5.69. The van der Waals surface area contributed by atoms with Crippen molar-refractivity contribution in [3.8, 4) is 17.1 Å². The summed E-state index contributed by atoms with van der Waals surface area (Å²) in [4.78, 5) is 23.3. The maximum Gasteiger partial charge on any atom is 0.416 e. The van der Waals surface area contributed by atoms with Gasteiger partial charge in [0, 0.05) is 36.4 Å². The van der Waals surface area contributed by atoms with Gasteiger partial charge in [0.05, 0.1) is 17.0 Å². The highest BCUT2D eigenvalue weighted by Gasteiger charge is 2.31. The van der Waals surface area contributed by atoms with Crippen LogP contribution in [0.4, 0.5) is 13.2 Å². The largest absolute Gasteiger partial charge is 0.416 e. The summed E-state index contributed by atoms with van der Waals surface area (Å²) in [5, 5.41) is 11.4. The summed E-state index contributed by atoms with van der Waals surface area (Å²) in [6.45, 7) is 3.66. The molecule has 0 saturated carbocycles. The number of amides is 1. The zero-order chi connectivity index (χ0) is 26.0. The normalized spacial score (nSPS) is 14.8. The predicted molar refractivity (Wildman–Crippen MR) is 136 cm³/mol. The van der Waals surface area contributed by atoms with Crippen LogP contribution in [0.1, 0.15) is 40.8 Å². The molecule has 1 aliphatic heterocycles. The predicted octanol–water partition coefficient (Wildman–Crippen LogP) is 5.97. The van der Waals surface area contributed by atoms with Gasteiger partial charge in [0.15, 0.2) is 11.0 Å². The number of carbonyl (C=O) groups excluding carboxylic acids is 1. The van der Waals surface area contributed by atoms with Gasteiger partial charge in [0.25, 0.3) is 5.91 Å². The molecule has 5 rings (SSSR count). The number of halogens is 3. The Morgan fingerprint density at radius 3 is 2.70 bits per heavy atom. The summed E-state index contributed by atoms with van der Waals surface area (Å²) in [6, 6.07) is 8.55. The highest BCUT2D eigenvalue weighted by Crippen LogP contribution is 2.34. The number of pyridine rings is 1. The number of benzene rings is 1. The summed E-state index contributed by atoms with van der Waals surface area (Å²) in [7, 11) is 0. The third-order valence-corrected chi connectivity index (χ3v) is 8.12. The van der Waals surface area contributed by atoms with Gasteiger partial charge in [-0.15, -0.1) is 21.5 Å². The van der Waals surface area contributed by atoms with Crippen LogP contribution in [-0.2, 0) is 11.9 Å². The van der Waals surface area contributed by atoms with Crippen LogP contribution < -0.4 is 0 Å². The minimum Gasteiger partial charge on any atom is -0.337 e. The van der Waals surface area contributed by atoms with Gasteiger partial charge in [-0.3, -0.25) is 14.3 Å². The smallest absolute Gasteiger partial charge is 0.337 e. The van der Waals surface area contributed by atoms with Gasteiger partial charge in [-0.25, -0.2) is 4.98 Å². The first kappa shape index (κ1) is 25.4. The molecule has 3 aromatic heterocycles. The van der Waals surface area contributed by atoms with Gasteiger partial charge in [0.1, 0.15) is 10.7 Å². The fourth-order valence-corrected chi connectivity index (χ4v) is 5.81. The number of piperidine rings is 1. The Bertz CT molecular complexity index is 1380. The Morgan fingerprint density at radius 2 is 1.97 bits per heavy atom. The summed E-state index contributed by atoms with van der Waals surface area (Å²) in [5.41, 5.74) is 0.570. The molecule has 12 heteroatoms. The number of thioether (sulfide) groups is 1. The number of thiazole rings is 1. The van der Waals surface area contributed by atoms with E-state index in [1.165, 1.54) is 29.2 Å². The Kier molecular flexibility index (Phi) is 7.29. The summed E-state index contributed by atoms with van der Waals surface area (Å²) < 4.78 is 41.9. The van der Waals surface area contributed by atoms with E-state index in [1.54, 1.807) is 40.5 Å². The summed E-state index contributed by atoms with van der Waals surface area (Å²) in [5.74, 6) is 1.32. The van der Waals surface area contributed by atoms with Gasteiger partial charge < -0.3 is 4.90 Å². The molecule has 1 fully saturated rings. The van der Waals surface area contributed by atoms with Gasteiger partial charge in [-0.1, -0.05) is 24.8 Å². The van der Waals surface area contributed by atoms with Crippen LogP contribution in [0.15, 0.2) is 59.3 Å². The molecule has 37 heavy (non-hydrogen) atoms. The molecule has 1 aliphatic rings. The van der Waals surface area contributed by atoms with Crippen molar-refractivity contribution in [3.63, 3.8) is 0 Å². The molecule has 0 radical (unpaired) electrons. The molecule has 4 heterocycles. The lowest BCUT2D eigenvalue weighted by Gasteiger charge is -2.29. The van der Waals surface area contributed by atoms with Crippen LogP contribution in [-0.4, -0.2) is 48.6 Å². The SMILES string of the molecule is CC1CCN(C(=O)c2csc(CSc3nnc(-c4cccnc4)n3-c3cccc(C(F)(F)F)c3)n2)CC1. The van der Waals surface area contributed by atoms with E-state index in [2.05, 4.69) is 27.1 Å². The number of alkyl halides is 3. The van der Waals surface area contributed by atoms with E-state index in [0.717, 1.165) is 43.1 Å². The number of aromatic nitrogens is 5. The average Bonchev–Trinajstić information content (AvgIpc) is 3.55. The van der Waals surface area contributed by atoms with Crippen molar-refractivity contribution in [2.24, 2.45) is 5.92 Å². The summed E-state index contributed by atoms with van der Waals surface area (Å²) >= 11 is 2.67. The Balaban J connectivity index is 1.40. The number of hydrogen-bond donors (Lipinski definition) is 0. The van der Waals surface area contributed by atoms with E-state index in [-0.39, 0.29) is 11.6 Å². The first-order valence-electron chi connectivity index (χ1n) is 11.7. The second-order valence-electron chi connectivity index (χ2n) is 8.82. The number of carbonyl (C=O) groups is 1. The topological polar surface area (TPSA) is 76.8 Å². The molecule has 0 atom stereocenters. The molecular formula is C25H23F3N6OS2. The average molecular weight is 545 g/mol. The lowest BCUT2D eigenvalue weighted by atomic mass is 9.99. The van der Waals surface area contributed by atoms with Crippen LogP contribution in [0.2, 0.25) is 0 Å². The minimum atomic E-state index is -4.48. The lowest BCUT2D eigenvalue weighted by molar-refractivity contribution is -0.137. The number of hydrogen-bond acceptors (Lipinski definition) is 7.